The Morgan fingerprint density at radius 3 is 2.47 bits per heavy atom. The first-order valence-corrected chi connectivity index (χ1v) is 10.2. The van der Waals surface area contributed by atoms with Crippen LogP contribution in [0.15, 0.2) is 77.3 Å². The third-order valence-electron chi connectivity index (χ3n) is 5.01. The predicted molar refractivity (Wildman–Crippen MR) is 121 cm³/mol. The van der Waals surface area contributed by atoms with E-state index in [-0.39, 0.29) is 5.91 Å². The van der Waals surface area contributed by atoms with Crippen molar-refractivity contribution < 1.29 is 18.8 Å². The summed E-state index contributed by atoms with van der Waals surface area (Å²) in [5, 5.41) is 7.02. The van der Waals surface area contributed by atoms with Crippen LogP contribution in [0.1, 0.15) is 15.9 Å². The molecule has 4 rings (SSSR count). The number of carbonyl (C=O) groups excluding carboxylic acids is 1. The van der Waals surface area contributed by atoms with E-state index in [9.17, 15) is 4.79 Å². The van der Waals surface area contributed by atoms with Crippen LogP contribution in [0.4, 0.5) is 0 Å². The first-order chi connectivity index (χ1) is 15.7. The number of hydrogen-bond donors (Lipinski definition) is 1. The molecular formula is C25H23N3O4. The molecule has 7 heteroatoms. The van der Waals surface area contributed by atoms with E-state index in [1.807, 2.05) is 54.6 Å². The summed E-state index contributed by atoms with van der Waals surface area (Å²) >= 11 is 0. The van der Waals surface area contributed by atoms with Crippen molar-refractivity contribution in [1.82, 2.24) is 15.5 Å². The van der Waals surface area contributed by atoms with Crippen molar-refractivity contribution >= 4 is 5.91 Å². The fraction of sp³-hybridized carbons (Fsp3) is 0.160. The average Bonchev–Trinajstić information content (AvgIpc) is 3.34. The molecule has 0 fully saturated rings. The minimum Gasteiger partial charge on any atom is -0.493 e. The fourth-order valence-corrected chi connectivity index (χ4v) is 3.36. The van der Waals surface area contributed by atoms with Crippen LogP contribution < -0.4 is 14.8 Å². The molecule has 0 spiro atoms. The maximum atomic E-state index is 12.9. The van der Waals surface area contributed by atoms with E-state index in [2.05, 4.69) is 15.5 Å². The minimum absolute atomic E-state index is 0.208. The number of aromatic nitrogens is 2. The first-order valence-electron chi connectivity index (χ1n) is 10.2. The van der Waals surface area contributed by atoms with E-state index in [0.717, 1.165) is 11.1 Å². The van der Waals surface area contributed by atoms with Crippen LogP contribution in [0.25, 0.3) is 22.8 Å². The second-order valence-corrected chi connectivity index (χ2v) is 7.03. The van der Waals surface area contributed by atoms with Crippen LogP contribution in [0, 0.1) is 0 Å². The molecule has 0 bridgehead atoms. The number of nitrogens with zero attached hydrogens (tertiary/aromatic N) is 2. The Labute approximate surface area is 186 Å². The number of hydrogen-bond acceptors (Lipinski definition) is 6. The molecule has 1 N–H and O–H groups in total. The molecule has 0 aliphatic carbocycles. The van der Waals surface area contributed by atoms with Crippen molar-refractivity contribution in [3.05, 3.63) is 83.9 Å². The highest BCUT2D eigenvalue weighted by Gasteiger charge is 2.18. The first kappa shape index (κ1) is 21.1. The number of methoxy groups -OCH3 is 2. The number of amides is 1. The monoisotopic (exact) mass is 429 g/mol. The lowest BCUT2D eigenvalue weighted by molar-refractivity contribution is 0.0954. The summed E-state index contributed by atoms with van der Waals surface area (Å²) in [6.45, 7) is 0.460. The summed E-state index contributed by atoms with van der Waals surface area (Å²) in [7, 11) is 3.20. The number of benzene rings is 3. The van der Waals surface area contributed by atoms with Gasteiger partial charge in [0.05, 0.1) is 25.3 Å². The van der Waals surface area contributed by atoms with Gasteiger partial charge in [-0.2, -0.15) is 4.98 Å². The second-order valence-electron chi connectivity index (χ2n) is 7.03. The Bertz CT molecular complexity index is 1200. The number of nitrogens with one attached hydrogen (secondary N) is 1. The van der Waals surface area contributed by atoms with Gasteiger partial charge in [-0.05, 0) is 36.2 Å². The fourth-order valence-electron chi connectivity index (χ4n) is 3.36. The summed E-state index contributed by atoms with van der Waals surface area (Å²) in [5.41, 5.74) is 2.94. The number of ether oxygens (including phenoxy) is 2. The molecule has 0 radical (unpaired) electrons. The van der Waals surface area contributed by atoms with Crippen molar-refractivity contribution in [2.45, 2.75) is 6.42 Å². The molecule has 0 saturated carbocycles. The molecule has 0 saturated heterocycles. The minimum atomic E-state index is -0.208. The van der Waals surface area contributed by atoms with E-state index in [0.29, 0.717) is 47.3 Å². The topological polar surface area (TPSA) is 86.5 Å². The molecule has 0 aliphatic rings. The van der Waals surface area contributed by atoms with Crippen molar-refractivity contribution in [3.63, 3.8) is 0 Å². The van der Waals surface area contributed by atoms with Crippen molar-refractivity contribution in [3.8, 4) is 34.3 Å². The Morgan fingerprint density at radius 1 is 0.938 bits per heavy atom. The van der Waals surface area contributed by atoms with Gasteiger partial charge < -0.3 is 19.3 Å². The molecule has 0 aliphatic heterocycles. The highest BCUT2D eigenvalue weighted by atomic mass is 16.5. The number of carbonyl (C=O) groups is 1. The molecule has 0 atom stereocenters. The molecule has 0 unspecified atom stereocenters. The Morgan fingerprint density at radius 2 is 1.69 bits per heavy atom. The van der Waals surface area contributed by atoms with Crippen LogP contribution in [-0.2, 0) is 6.42 Å². The second kappa shape index (κ2) is 9.78. The Balaban J connectivity index is 1.46. The highest BCUT2D eigenvalue weighted by Crippen LogP contribution is 2.28. The van der Waals surface area contributed by atoms with Crippen LogP contribution in [0.2, 0.25) is 0 Å². The molecule has 162 valence electrons. The third kappa shape index (κ3) is 4.62. The van der Waals surface area contributed by atoms with E-state index in [1.54, 1.807) is 32.4 Å². The SMILES string of the molecule is COc1ccc(CCNC(=O)c2ccccc2-c2nc(-c3ccccc3)no2)cc1OC. The quantitative estimate of drug-likeness (QED) is 0.447. The molecule has 4 aromatic rings. The average molecular weight is 429 g/mol. The number of rotatable bonds is 8. The van der Waals surface area contributed by atoms with Gasteiger partial charge in [-0.15, -0.1) is 0 Å². The summed E-state index contributed by atoms with van der Waals surface area (Å²) in [6, 6.07) is 22.4. The molecule has 1 heterocycles. The largest absolute Gasteiger partial charge is 0.493 e. The maximum Gasteiger partial charge on any atom is 0.259 e. The normalized spacial score (nSPS) is 10.6. The predicted octanol–water partition coefficient (Wildman–Crippen LogP) is 4.39. The van der Waals surface area contributed by atoms with Gasteiger partial charge in [0.1, 0.15) is 0 Å². The van der Waals surface area contributed by atoms with E-state index < -0.39 is 0 Å². The molecule has 1 aromatic heterocycles. The molecule has 32 heavy (non-hydrogen) atoms. The van der Waals surface area contributed by atoms with Crippen molar-refractivity contribution in [2.24, 2.45) is 0 Å². The Kier molecular flexibility index (Phi) is 6.46. The van der Waals surface area contributed by atoms with Gasteiger partial charge in [-0.25, -0.2) is 0 Å². The molecule has 7 nitrogen and oxygen atoms in total. The molecule has 3 aromatic carbocycles. The zero-order valence-corrected chi connectivity index (χ0v) is 17.9. The van der Waals surface area contributed by atoms with Crippen LogP contribution >= 0.6 is 0 Å². The smallest absolute Gasteiger partial charge is 0.259 e. The maximum absolute atomic E-state index is 12.9. The summed E-state index contributed by atoms with van der Waals surface area (Å²) in [4.78, 5) is 17.4. The highest BCUT2D eigenvalue weighted by molar-refractivity contribution is 6.00. The van der Waals surface area contributed by atoms with E-state index in [4.69, 9.17) is 14.0 Å². The van der Waals surface area contributed by atoms with Crippen LogP contribution in [-0.4, -0.2) is 36.8 Å². The summed E-state index contributed by atoms with van der Waals surface area (Å²) in [5.74, 6) is 1.90. The van der Waals surface area contributed by atoms with Gasteiger partial charge in [0.2, 0.25) is 5.82 Å². The van der Waals surface area contributed by atoms with E-state index >= 15 is 0 Å². The van der Waals surface area contributed by atoms with Crippen LogP contribution in [0.3, 0.4) is 0 Å². The van der Waals surface area contributed by atoms with E-state index in [1.165, 1.54) is 0 Å². The Hall–Kier alpha value is -4.13. The van der Waals surface area contributed by atoms with Gasteiger partial charge in [-0.1, -0.05) is 53.7 Å². The lowest BCUT2D eigenvalue weighted by Crippen LogP contribution is -2.26. The van der Waals surface area contributed by atoms with Gasteiger partial charge in [0.15, 0.2) is 11.5 Å². The zero-order valence-electron chi connectivity index (χ0n) is 17.9. The van der Waals surface area contributed by atoms with Gasteiger partial charge in [0.25, 0.3) is 11.8 Å². The van der Waals surface area contributed by atoms with Crippen molar-refractivity contribution in [2.75, 3.05) is 20.8 Å². The van der Waals surface area contributed by atoms with Crippen LogP contribution in [0.5, 0.6) is 11.5 Å². The van der Waals surface area contributed by atoms with Gasteiger partial charge in [0, 0.05) is 12.1 Å². The lowest BCUT2D eigenvalue weighted by atomic mass is 10.1. The summed E-state index contributed by atoms with van der Waals surface area (Å²) in [6.07, 6.45) is 0.646. The zero-order chi connectivity index (χ0) is 22.3. The summed E-state index contributed by atoms with van der Waals surface area (Å²) < 4.78 is 16.0. The third-order valence-corrected chi connectivity index (χ3v) is 5.01. The molecule has 1 amide bonds. The van der Waals surface area contributed by atoms with Gasteiger partial charge in [-0.3, -0.25) is 4.79 Å². The standard InChI is InChI=1S/C25H23N3O4/c1-30-21-13-12-17(16-22(21)31-2)14-15-26-24(29)19-10-6-7-11-20(19)25-27-23(28-32-25)18-8-4-3-5-9-18/h3-13,16H,14-15H2,1-2H3,(H,26,29). The van der Waals surface area contributed by atoms with Crippen molar-refractivity contribution in [1.29, 1.82) is 0 Å². The lowest BCUT2D eigenvalue weighted by Gasteiger charge is -2.11. The van der Waals surface area contributed by atoms with Gasteiger partial charge >= 0.3 is 0 Å². The molecular weight excluding hydrogens is 406 g/mol.